The van der Waals surface area contributed by atoms with Crippen molar-refractivity contribution in [3.63, 3.8) is 0 Å². The second-order valence-corrected chi connectivity index (χ2v) is 13.3. The molecule has 2 aromatic rings. The molecular weight excluding hydrogens is 446 g/mol. The number of allylic oxidation sites excluding steroid dienone is 2. The van der Waals surface area contributed by atoms with Crippen molar-refractivity contribution >= 4 is 19.3 Å². The molecule has 1 aromatic heterocycles. The molecule has 2 aliphatic carbocycles. The molecule has 4 aliphatic rings. The molecule has 6 rings (SSSR count). The van der Waals surface area contributed by atoms with Crippen LogP contribution in [-0.4, -0.2) is 8.07 Å². The Labute approximate surface area is 178 Å². The summed E-state index contributed by atoms with van der Waals surface area (Å²) in [7, 11) is -1.08. The monoisotopic (exact) mass is 465 g/mol. The molecule has 0 saturated heterocycles. The second kappa shape index (κ2) is 7.35. The van der Waals surface area contributed by atoms with Crippen molar-refractivity contribution in [2.24, 2.45) is 0 Å². The first-order chi connectivity index (χ1) is 10.9. The molecule has 0 fully saturated rings. The number of hydrogen-bond acceptors (Lipinski definition) is 1. The van der Waals surface area contributed by atoms with Crippen LogP contribution in [0, 0.1) is 0 Å². The zero-order valence-electron chi connectivity index (χ0n) is 14.9. The summed E-state index contributed by atoms with van der Waals surface area (Å²) in [6.07, 6.45) is 4.13. The second-order valence-electron chi connectivity index (χ2n) is 7.36. The summed E-state index contributed by atoms with van der Waals surface area (Å²) in [4.78, 5) is 0. The van der Waals surface area contributed by atoms with E-state index in [1.807, 2.05) is 6.26 Å². The Hall–Kier alpha value is -0.340. The summed E-state index contributed by atoms with van der Waals surface area (Å²) in [6, 6.07) is 10.8. The number of hydrogen-bond donors (Lipinski definition) is 0. The van der Waals surface area contributed by atoms with Crippen LogP contribution in [-0.2, 0) is 24.7 Å². The van der Waals surface area contributed by atoms with E-state index in [1.165, 1.54) is 28.0 Å². The van der Waals surface area contributed by atoms with Crippen molar-refractivity contribution in [2.75, 3.05) is 0 Å². The van der Waals surface area contributed by atoms with Crippen molar-refractivity contribution in [2.45, 2.75) is 36.1 Å². The Morgan fingerprint density at radius 2 is 1.72 bits per heavy atom. The van der Waals surface area contributed by atoms with Crippen LogP contribution in [0.1, 0.15) is 45.5 Å². The van der Waals surface area contributed by atoms with Crippen molar-refractivity contribution in [1.82, 2.24) is 0 Å². The van der Waals surface area contributed by atoms with Gasteiger partial charge in [-0.15, -0.1) is 0 Å². The van der Waals surface area contributed by atoms with Gasteiger partial charge in [0.05, 0.1) is 14.3 Å². The van der Waals surface area contributed by atoms with Crippen LogP contribution < -0.4 is 24.8 Å². The van der Waals surface area contributed by atoms with E-state index in [-0.39, 0.29) is 24.8 Å². The fourth-order valence-corrected chi connectivity index (χ4v) is 9.65. The van der Waals surface area contributed by atoms with Gasteiger partial charge in [0.25, 0.3) is 0 Å². The van der Waals surface area contributed by atoms with Crippen LogP contribution in [0.4, 0.5) is 0 Å². The first kappa shape index (κ1) is 21.0. The molecule has 0 N–H and O–H groups in total. The minimum Gasteiger partial charge on any atom is -1.00 e. The number of rotatable bonds is 0. The van der Waals surface area contributed by atoms with E-state index in [9.17, 15) is 0 Å². The predicted octanol–water partition coefficient (Wildman–Crippen LogP) is -0.350. The third-order valence-corrected chi connectivity index (χ3v) is 11.5. The molecule has 2 bridgehead atoms. The molecule has 1 nitrogen and oxygen atoms in total. The Morgan fingerprint density at radius 3 is 2.32 bits per heavy atom. The average Bonchev–Trinajstić information content (AvgIpc) is 3.18. The number of furan rings is 1. The molecule has 3 heterocycles. The molecule has 0 saturated carbocycles. The summed E-state index contributed by atoms with van der Waals surface area (Å²) in [5.41, 5.74) is 8.17. The van der Waals surface area contributed by atoms with Gasteiger partial charge in [-0.25, -0.2) is 0 Å². The third-order valence-electron chi connectivity index (χ3n) is 5.57. The van der Waals surface area contributed by atoms with Gasteiger partial charge in [-0.2, -0.15) is 0 Å². The molecule has 129 valence electrons. The Balaban J connectivity index is 0.000000168. The number of halogens is 2. The molecule has 1 aromatic carbocycles. The van der Waals surface area contributed by atoms with Crippen molar-refractivity contribution in [1.29, 1.82) is 0 Å². The molecule has 0 spiro atoms. The van der Waals surface area contributed by atoms with Gasteiger partial charge < -0.3 is 29.2 Å². The standard InChI is InChI=1S/C10H12OSi.C10H9.2ClH.Zr/c1-6-9-7-4-5-11-8(7)10(6)12(9,2)3;1-8-6-9-4-2-3-5-10(9)7-8;;;/h4-5,10H,1-3H3;2-7H,1H3;2*1H;/q;;;;+2/p-2. The first-order valence-corrected chi connectivity index (χ1v) is 12.7. The quantitative estimate of drug-likeness (QED) is 0.483. The Kier molecular flexibility index (Phi) is 6.16. The maximum Gasteiger partial charge on any atom is -1.00 e. The third kappa shape index (κ3) is 3.02. The molecule has 5 heteroatoms. The summed E-state index contributed by atoms with van der Waals surface area (Å²) < 4.78 is 6.25. The van der Waals surface area contributed by atoms with Crippen molar-refractivity contribution in [3.05, 3.63) is 70.2 Å². The van der Waals surface area contributed by atoms with E-state index in [0.717, 1.165) is 3.63 Å². The SMILES string of the molecule is CC1=C2c3ccoc3C1[Si]2(C)C.CC1=Cc2ccccc2[CH]1[Zr+2].[Cl-].[Cl-]. The number of benzene rings is 1. The normalized spacial score (nSPS) is 23.2. The maximum atomic E-state index is 5.53. The maximum absolute atomic E-state index is 5.53. The van der Waals surface area contributed by atoms with E-state index >= 15 is 0 Å². The summed E-state index contributed by atoms with van der Waals surface area (Å²) >= 11 is 1.60. The molecule has 2 aliphatic heterocycles. The molecule has 25 heavy (non-hydrogen) atoms. The topological polar surface area (TPSA) is 13.1 Å². The molecule has 0 amide bonds. The molecule has 2 atom stereocenters. The number of fused-ring (bicyclic) bond motifs is 1. The largest absolute Gasteiger partial charge is 1.00 e. The van der Waals surface area contributed by atoms with Crippen LogP contribution in [0.5, 0.6) is 0 Å². The van der Waals surface area contributed by atoms with Gasteiger partial charge in [-0.1, -0.05) is 18.7 Å². The van der Waals surface area contributed by atoms with Gasteiger partial charge in [-0.05, 0) is 18.2 Å². The van der Waals surface area contributed by atoms with Crippen LogP contribution in [0.2, 0.25) is 13.1 Å². The molecule has 0 radical (unpaired) electrons. The van der Waals surface area contributed by atoms with E-state index in [0.29, 0.717) is 5.54 Å². The van der Waals surface area contributed by atoms with Gasteiger partial charge >= 0.3 is 82.3 Å². The van der Waals surface area contributed by atoms with Gasteiger partial charge in [0.1, 0.15) is 5.76 Å². The van der Waals surface area contributed by atoms with E-state index in [4.69, 9.17) is 4.42 Å². The van der Waals surface area contributed by atoms with Crippen LogP contribution in [0.3, 0.4) is 0 Å². The Bertz CT molecular complexity index is 866. The first-order valence-electron chi connectivity index (χ1n) is 8.20. The zero-order chi connectivity index (χ0) is 16.4. The van der Waals surface area contributed by atoms with E-state index < -0.39 is 8.07 Å². The van der Waals surface area contributed by atoms with Crippen LogP contribution in [0.25, 0.3) is 11.3 Å². The van der Waals surface area contributed by atoms with Crippen LogP contribution in [0.15, 0.2) is 52.2 Å². The van der Waals surface area contributed by atoms with Gasteiger partial charge in [-0.3, -0.25) is 0 Å². The summed E-state index contributed by atoms with van der Waals surface area (Å²) in [5.74, 6) is 1.26. The predicted molar refractivity (Wildman–Crippen MR) is 94.4 cm³/mol. The fourth-order valence-electron chi connectivity index (χ4n) is 4.57. The van der Waals surface area contributed by atoms with Gasteiger partial charge in [0.15, 0.2) is 0 Å². The van der Waals surface area contributed by atoms with Crippen molar-refractivity contribution < 1.29 is 54.0 Å². The summed E-state index contributed by atoms with van der Waals surface area (Å²) in [6.45, 7) is 9.36. The molecule has 2 unspecified atom stereocenters. The zero-order valence-corrected chi connectivity index (χ0v) is 19.8. The van der Waals surface area contributed by atoms with Crippen molar-refractivity contribution in [3.8, 4) is 0 Å². The van der Waals surface area contributed by atoms with Gasteiger partial charge in [0, 0.05) is 11.1 Å². The average molecular weight is 468 g/mol. The van der Waals surface area contributed by atoms with E-state index in [2.05, 4.69) is 63.3 Å². The molecular formula is C20H21Cl2OSiZr. The summed E-state index contributed by atoms with van der Waals surface area (Å²) in [5, 5.41) is 1.66. The van der Waals surface area contributed by atoms with Gasteiger partial charge in [0.2, 0.25) is 0 Å². The van der Waals surface area contributed by atoms with E-state index in [1.54, 1.807) is 35.5 Å². The minimum atomic E-state index is -1.08. The fraction of sp³-hybridized carbons (Fsp3) is 0.300. The van der Waals surface area contributed by atoms with Crippen LogP contribution >= 0.6 is 0 Å². The Morgan fingerprint density at radius 1 is 1.04 bits per heavy atom. The minimum absolute atomic E-state index is 0. The smallest absolute Gasteiger partial charge is 1.00 e.